The van der Waals surface area contributed by atoms with Crippen molar-refractivity contribution in [2.45, 2.75) is 51.1 Å². The van der Waals surface area contributed by atoms with Gasteiger partial charge < -0.3 is 10.6 Å². The number of aryl methyl sites for hydroxylation is 1. The van der Waals surface area contributed by atoms with Crippen molar-refractivity contribution in [2.75, 3.05) is 5.32 Å². The van der Waals surface area contributed by atoms with Crippen LogP contribution >= 0.6 is 0 Å². The zero-order chi connectivity index (χ0) is 13.2. The molecule has 1 amide bonds. The first-order valence-electron chi connectivity index (χ1n) is 7.31. The number of fused-ring (bicyclic) bond motifs is 2. The van der Waals surface area contributed by atoms with Crippen molar-refractivity contribution in [3.05, 3.63) is 29.8 Å². The SMILES string of the molecule is Cc1cccc(NC(=O)CC2CC3CCC(C2)N3)c1. The molecular formula is C16H22N2O. The fourth-order valence-corrected chi connectivity index (χ4v) is 3.54. The summed E-state index contributed by atoms with van der Waals surface area (Å²) < 4.78 is 0. The minimum Gasteiger partial charge on any atom is -0.326 e. The maximum absolute atomic E-state index is 12.1. The highest BCUT2D eigenvalue weighted by molar-refractivity contribution is 5.90. The molecule has 2 aliphatic heterocycles. The van der Waals surface area contributed by atoms with Gasteiger partial charge in [0.25, 0.3) is 0 Å². The molecule has 0 saturated carbocycles. The molecule has 2 heterocycles. The summed E-state index contributed by atoms with van der Waals surface area (Å²) in [6.07, 6.45) is 5.58. The Balaban J connectivity index is 1.54. The minimum atomic E-state index is 0.164. The van der Waals surface area contributed by atoms with Crippen LogP contribution < -0.4 is 10.6 Å². The van der Waals surface area contributed by atoms with Crippen LogP contribution in [0.2, 0.25) is 0 Å². The van der Waals surface area contributed by atoms with E-state index in [0.717, 1.165) is 18.5 Å². The Kier molecular flexibility index (Phi) is 3.56. The van der Waals surface area contributed by atoms with Crippen molar-refractivity contribution in [1.82, 2.24) is 5.32 Å². The summed E-state index contributed by atoms with van der Waals surface area (Å²) in [6.45, 7) is 2.04. The number of rotatable bonds is 3. The molecule has 3 rings (SSSR count). The second kappa shape index (κ2) is 5.33. The van der Waals surface area contributed by atoms with E-state index in [1.54, 1.807) is 0 Å². The molecule has 2 unspecified atom stereocenters. The van der Waals surface area contributed by atoms with E-state index < -0.39 is 0 Å². The number of piperidine rings is 1. The van der Waals surface area contributed by atoms with Crippen LogP contribution in [-0.2, 0) is 4.79 Å². The van der Waals surface area contributed by atoms with Crippen LogP contribution in [0.25, 0.3) is 0 Å². The Labute approximate surface area is 114 Å². The van der Waals surface area contributed by atoms with E-state index in [2.05, 4.69) is 10.6 Å². The Bertz CT molecular complexity index is 460. The average Bonchev–Trinajstić information content (AvgIpc) is 2.68. The summed E-state index contributed by atoms with van der Waals surface area (Å²) in [7, 11) is 0. The second-order valence-corrected chi connectivity index (χ2v) is 6.10. The summed E-state index contributed by atoms with van der Waals surface area (Å²) in [4.78, 5) is 12.1. The maximum atomic E-state index is 12.1. The molecule has 2 fully saturated rings. The van der Waals surface area contributed by atoms with Gasteiger partial charge in [0.15, 0.2) is 0 Å². The van der Waals surface area contributed by atoms with Gasteiger partial charge in [-0.3, -0.25) is 4.79 Å². The van der Waals surface area contributed by atoms with E-state index in [4.69, 9.17) is 0 Å². The Morgan fingerprint density at radius 3 is 2.74 bits per heavy atom. The fraction of sp³-hybridized carbons (Fsp3) is 0.562. The lowest BCUT2D eigenvalue weighted by atomic mass is 9.89. The fourth-order valence-electron chi connectivity index (χ4n) is 3.54. The van der Waals surface area contributed by atoms with Crippen molar-refractivity contribution in [3.8, 4) is 0 Å². The first kappa shape index (κ1) is 12.7. The smallest absolute Gasteiger partial charge is 0.224 e. The monoisotopic (exact) mass is 258 g/mol. The molecule has 1 aromatic carbocycles. The number of carbonyl (C=O) groups is 1. The highest BCUT2D eigenvalue weighted by Crippen LogP contribution is 2.32. The zero-order valence-corrected chi connectivity index (χ0v) is 11.5. The van der Waals surface area contributed by atoms with Crippen molar-refractivity contribution in [2.24, 2.45) is 5.92 Å². The average molecular weight is 258 g/mol. The number of hydrogen-bond acceptors (Lipinski definition) is 2. The molecule has 2 bridgehead atoms. The highest BCUT2D eigenvalue weighted by Gasteiger charge is 2.34. The van der Waals surface area contributed by atoms with Crippen LogP contribution in [-0.4, -0.2) is 18.0 Å². The molecule has 2 atom stereocenters. The number of nitrogens with one attached hydrogen (secondary N) is 2. The first-order valence-corrected chi connectivity index (χ1v) is 7.31. The van der Waals surface area contributed by atoms with Crippen LogP contribution in [0.5, 0.6) is 0 Å². The molecule has 3 nitrogen and oxygen atoms in total. The van der Waals surface area contributed by atoms with Crippen LogP contribution in [0, 0.1) is 12.8 Å². The number of hydrogen-bond donors (Lipinski definition) is 2. The molecule has 102 valence electrons. The lowest BCUT2D eigenvalue weighted by molar-refractivity contribution is -0.117. The molecule has 2 N–H and O–H groups in total. The molecule has 0 spiro atoms. The third kappa shape index (κ3) is 3.16. The molecule has 2 aliphatic rings. The number of benzene rings is 1. The Morgan fingerprint density at radius 1 is 1.32 bits per heavy atom. The first-order chi connectivity index (χ1) is 9.19. The number of carbonyl (C=O) groups excluding carboxylic acids is 1. The lowest BCUT2D eigenvalue weighted by Crippen LogP contribution is -2.39. The van der Waals surface area contributed by atoms with Crippen LogP contribution in [0.3, 0.4) is 0 Å². The van der Waals surface area contributed by atoms with Crippen molar-refractivity contribution < 1.29 is 4.79 Å². The third-order valence-corrected chi connectivity index (χ3v) is 4.35. The molecule has 0 aromatic heterocycles. The summed E-state index contributed by atoms with van der Waals surface area (Å²) in [6, 6.07) is 9.32. The summed E-state index contributed by atoms with van der Waals surface area (Å²) >= 11 is 0. The topological polar surface area (TPSA) is 41.1 Å². The van der Waals surface area contributed by atoms with Gasteiger partial charge >= 0.3 is 0 Å². The van der Waals surface area contributed by atoms with Gasteiger partial charge in [-0.15, -0.1) is 0 Å². The van der Waals surface area contributed by atoms with Gasteiger partial charge in [0.1, 0.15) is 0 Å². The molecule has 0 aliphatic carbocycles. The molecule has 2 saturated heterocycles. The Hall–Kier alpha value is -1.35. The summed E-state index contributed by atoms with van der Waals surface area (Å²) in [5.41, 5.74) is 2.10. The largest absolute Gasteiger partial charge is 0.326 e. The molecule has 1 aromatic rings. The van der Waals surface area contributed by atoms with E-state index in [9.17, 15) is 4.79 Å². The summed E-state index contributed by atoms with van der Waals surface area (Å²) in [5, 5.41) is 6.64. The predicted molar refractivity (Wildman–Crippen MR) is 77.1 cm³/mol. The molecular weight excluding hydrogens is 236 g/mol. The summed E-state index contributed by atoms with van der Waals surface area (Å²) in [5.74, 6) is 0.723. The van der Waals surface area contributed by atoms with E-state index in [1.165, 1.54) is 18.4 Å². The van der Waals surface area contributed by atoms with E-state index in [0.29, 0.717) is 24.4 Å². The van der Waals surface area contributed by atoms with E-state index in [1.807, 2.05) is 31.2 Å². The zero-order valence-electron chi connectivity index (χ0n) is 11.5. The van der Waals surface area contributed by atoms with Crippen molar-refractivity contribution in [3.63, 3.8) is 0 Å². The van der Waals surface area contributed by atoms with Crippen LogP contribution in [0.1, 0.15) is 37.7 Å². The number of anilines is 1. The molecule has 19 heavy (non-hydrogen) atoms. The van der Waals surface area contributed by atoms with Gasteiger partial charge in [-0.25, -0.2) is 0 Å². The number of amides is 1. The van der Waals surface area contributed by atoms with E-state index in [-0.39, 0.29) is 5.91 Å². The van der Waals surface area contributed by atoms with Crippen LogP contribution in [0.15, 0.2) is 24.3 Å². The lowest BCUT2D eigenvalue weighted by Gasteiger charge is -2.28. The van der Waals surface area contributed by atoms with Gasteiger partial charge in [0, 0.05) is 24.2 Å². The molecule has 0 radical (unpaired) electrons. The third-order valence-electron chi connectivity index (χ3n) is 4.35. The highest BCUT2D eigenvalue weighted by atomic mass is 16.1. The van der Waals surface area contributed by atoms with Gasteiger partial charge in [-0.05, 0) is 56.2 Å². The van der Waals surface area contributed by atoms with Gasteiger partial charge in [-0.1, -0.05) is 12.1 Å². The van der Waals surface area contributed by atoms with Crippen molar-refractivity contribution in [1.29, 1.82) is 0 Å². The van der Waals surface area contributed by atoms with E-state index >= 15 is 0 Å². The molecule has 3 heteroatoms. The second-order valence-electron chi connectivity index (χ2n) is 6.10. The standard InChI is InChI=1S/C16H22N2O/c1-11-3-2-4-13(7-11)18-16(19)10-12-8-14-5-6-15(9-12)17-14/h2-4,7,12,14-15,17H,5-6,8-10H2,1H3,(H,18,19). The van der Waals surface area contributed by atoms with Gasteiger partial charge in [-0.2, -0.15) is 0 Å². The van der Waals surface area contributed by atoms with Crippen molar-refractivity contribution >= 4 is 11.6 Å². The Morgan fingerprint density at radius 2 is 2.05 bits per heavy atom. The quantitative estimate of drug-likeness (QED) is 0.875. The normalized spacial score (nSPS) is 29.2. The van der Waals surface area contributed by atoms with Gasteiger partial charge in [0.05, 0.1) is 0 Å². The predicted octanol–water partition coefficient (Wildman–Crippen LogP) is 2.85. The van der Waals surface area contributed by atoms with Gasteiger partial charge in [0.2, 0.25) is 5.91 Å². The minimum absolute atomic E-state index is 0.164. The van der Waals surface area contributed by atoms with Crippen LogP contribution in [0.4, 0.5) is 5.69 Å². The maximum Gasteiger partial charge on any atom is 0.224 e.